The van der Waals surface area contributed by atoms with Gasteiger partial charge in [0.25, 0.3) is 5.56 Å². The minimum atomic E-state index is -0.418. The number of carbonyl (C=O) groups is 1. The molecular weight excluding hydrogens is 455 g/mol. The fraction of sp³-hybridized carbons (Fsp3) is 0.136. The van der Waals surface area contributed by atoms with Crippen molar-refractivity contribution in [3.8, 4) is 11.4 Å². The molecule has 7 nitrogen and oxygen atoms in total. The molecule has 4 rings (SSSR count). The number of anilines is 1. The molecule has 0 bridgehead atoms. The summed E-state index contributed by atoms with van der Waals surface area (Å²) in [5.41, 5.74) is 2.25. The monoisotopic (exact) mass is 472 g/mol. The lowest BCUT2D eigenvalue weighted by Crippen LogP contribution is -2.23. The van der Waals surface area contributed by atoms with Gasteiger partial charge in [-0.1, -0.05) is 23.4 Å². The highest BCUT2D eigenvalue weighted by molar-refractivity contribution is 7.99. The van der Waals surface area contributed by atoms with Gasteiger partial charge in [0.1, 0.15) is 17.1 Å². The molecule has 2 aromatic heterocycles. The third-order valence-corrected chi connectivity index (χ3v) is 5.84. The molecule has 4 aromatic rings. The Kier molecular flexibility index (Phi) is 6.20. The van der Waals surface area contributed by atoms with Crippen LogP contribution in [0.25, 0.3) is 16.7 Å². The summed E-state index contributed by atoms with van der Waals surface area (Å²) in [6, 6.07) is 12.2. The van der Waals surface area contributed by atoms with Crippen LogP contribution in [-0.2, 0) is 4.79 Å². The first-order chi connectivity index (χ1) is 15.4. The van der Waals surface area contributed by atoms with Crippen LogP contribution in [0.5, 0.6) is 5.75 Å². The Hall–Kier alpha value is -3.30. The maximum absolute atomic E-state index is 13.4. The number of aryl methyl sites for hydroxylation is 1. The van der Waals surface area contributed by atoms with E-state index >= 15 is 0 Å². The number of hydrogen-bond acceptors (Lipinski definition) is 5. The van der Waals surface area contributed by atoms with E-state index in [-0.39, 0.29) is 17.2 Å². The van der Waals surface area contributed by atoms with Gasteiger partial charge in [-0.15, -0.1) is 0 Å². The second-order valence-electron chi connectivity index (χ2n) is 6.91. The third kappa shape index (κ3) is 4.49. The molecule has 2 N–H and O–H groups in total. The number of carbonyl (C=O) groups excluding carboxylic acids is 1. The van der Waals surface area contributed by atoms with Gasteiger partial charge in [0.2, 0.25) is 5.91 Å². The summed E-state index contributed by atoms with van der Waals surface area (Å²) in [4.78, 5) is 33.2. The summed E-state index contributed by atoms with van der Waals surface area (Å²) in [5, 5.41) is 3.45. The number of nitrogens with zero attached hydrogens (tertiary/aromatic N) is 2. The van der Waals surface area contributed by atoms with Gasteiger partial charge < -0.3 is 15.0 Å². The molecule has 164 valence electrons. The maximum Gasteiger partial charge on any atom is 0.283 e. The number of aromatic nitrogens is 3. The number of ether oxygens (including phenoxy) is 1. The fourth-order valence-corrected chi connectivity index (χ4v) is 4.23. The number of amides is 1. The van der Waals surface area contributed by atoms with Crippen LogP contribution in [-0.4, -0.2) is 33.3 Å². The lowest BCUT2D eigenvalue weighted by Gasteiger charge is -2.12. The van der Waals surface area contributed by atoms with Crippen LogP contribution >= 0.6 is 23.4 Å². The zero-order chi connectivity index (χ0) is 22.8. The topological polar surface area (TPSA) is 89.0 Å². The van der Waals surface area contributed by atoms with Crippen molar-refractivity contribution in [1.82, 2.24) is 14.5 Å². The van der Waals surface area contributed by atoms with E-state index in [2.05, 4.69) is 15.3 Å². The van der Waals surface area contributed by atoms with Crippen molar-refractivity contribution >= 4 is 46.0 Å². The lowest BCUT2D eigenvalue weighted by molar-refractivity contribution is -0.113. The minimum absolute atomic E-state index is 0.00774. The Bertz CT molecular complexity index is 1370. The van der Waals surface area contributed by atoms with E-state index in [4.69, 9.17) is 16.3 Å². The quantitative estimate of drug-likeness (QED) is 0.317. The molecule has 0 saturated carbocycles. The second-order valence-corrected chi connectivity index (χ2v) is 8.26. The number of H-pyrrole nitrogens is 1. The number of benzene rings is 2. The Morgan fingerprint density at radius 1 is 1.25 bits per heavy atom. The standard InChI is InChI=1S/C22H18ClFN4O3S/c1-12-9-17-20(25-12)21(30)28(15-6-3-13(24)4-7-15)22(27-17)32-11-19(29)26-14-5-8-18(31-2)16(23)10-14/h3-10,25H,11H2,1-2H3,(H,26,29). The largest absolute Gasteiger partial charge is 0.495 e. The number of nitrogens with one attached hydrogen (secondary N) is 2. The first-order valence-electron chi connectivity index (χ1n) is 9.50. The lowest BCUT2D eigenvalue weighted by atomic mass is 10.3. The third-order valence-electron chi connectivity index (χ3n) is 4.61. The molecule has 0 aliphatic heterocycles. The zero-order valence-electron chi connectivity index (χ0n) is 17.1. The van der Waals surface area contributed by atoms with Crippen LogP contribution < -0.4 is 15.6 Å². The first-order valence-corrected chi connectivity index (χ1v) is 10.9. The number of hydrogen-bond donors (Lipinski definition) is 2. The molecule has 0 fully saturated rings. The van der Waals surface area contributed by atoms with E-state index in [0.717, 1.165) is 17.5 Å². The van der Waals surface area contributed by atoms with Gasteiger partial charge in [-0.3, -0.25) is 14.2 Å². The predicted octanol–water partition coefficient (Wildman–Crippen LogP) is 4.55. The number of thioether (sulfide) groups is 1. The van der Waals surface area contributed by atoms with Gasteiger partial charge >= 0.3 is 0 Å². The average Bonchev–Trinajstić information content (AvgIpc) is 3.14. The number of aromatic amines is 1. The number of fused-ring (bicyclic) bond motifs is 1. The van der Waals surface area contributed by atoms with Gasteiger partial charge in [0, 0.05) is 11.4 Å². The van der Waals surface area contributed by atoms with Crippen molar-refractivity contribution in [3.05, 3.63) is 75.4 Å². The highest BCUT2D eigenvalue weighted by atomic mass is 35.5. The Morgan fingerprint density at radius 2 is 2.00 bits per heavy atom. The SMILES string of the molecule is COc1ccc(NC(=O)CSc2nc3cc(C)[nH]c3c(=O)n2-c2ccc(F)cc2)cc1Cl. The van der Waals surface area contributed by atoms with E-state index in [1.807, 2.05) is 6.92 Å². The molecule has 0 atom stereocenters. The number of methoxy groups -OCH3 is 1. The summed E-state index contributed by atoms with van der Waals surface area (Å²) in [6.07, 6.45) is 0. The van der Waals surface area contributed by atoms with Crippen molar-refractivity contribution in [1.29, 1.82) is 0 Å². The molecule has 2 heterocycles. The van der Waals surface area contributed by atoms with Gasteiger partial charge in [-0.25, -0.2) is 9.37 Å². The van der Waals surface area contributed by atoms with Crippen LogP contribution in [0.1, 0.15) is 5.69 Å². The van der Waals surface area contributed by atoms with Crippen LogP contribution in [0, 0.1) is 12.7 Å². The molecule has 0 aliphatic carbocycles. The average molecular weight is 473 g/mol. The molecule has 0 saturated heterocycles. The van der Waals surface area contributed by atoms with Crippen LogP contribution in [0.4, 0.5) is 10.1 Å². The summed E-state index contributed by atoms with van der Waals surface area (Å²) in [7, 11) is 1.51. The Balaban J connectivity index is 1.62. The van der Waals surface area contributed by atoms with E-state index in [1.165, 1.54) is 35.9 Å². The predicted molar refractivity (Wildman–Crippen MR) is 124 cm³/mol. The Morgan fingerprint density at radius 3 is 2.69 bits per heavy atom. The summed E-state index contributed by atoms with van der Waals surface area (Å²) >= 11 is 7.20. The second kappa shape index (κ2) is 9.05. The molecule has 1 amide bonds. The first kappa shape index (κ1) is 21.9. The highest BCUT2D eigenvalue weighted by Gasteiger charge is 2.17. The normalized spacial score (nSPS) is 11.0. The molecule has 0 radical (unpaired) electrons. The van der Waals surface area contributed by atoms with E-state index in [1.54, 1.807) is 24.3 Å². The summed E-state index contributed by atoms with van der Waals surface area (Å²) < 4.78 is 19.9. The van der Waals surface area contributed by atoms with Crippen LogP contribution in [0.3, 0.4) is 0 Å². The van der Waals surface area contributed by atoms with Gasteiger partial charge in [-0.2, -0.15) is 0 Å². The van der Waals surface area contributed by atoms with Crippen LogP contribution in [0.15, 0.2) is 58.5 Å². The highest BCUT2D eigenvalue weighted by Crippen LogP contribution is 2.27. The zero-order valence-corrected chi connectivity index (χ0v) is 18.7. The molecule has 0 unspecified atom stereocenters. The van der Waals surface area contributed by atoms with Gasteiger partial charge in [0.05, 0.1) is 29.1 Å². The number of rotatable bonds is 6. The van der Waals surface area contributed by atoms with E-state index < -0.39 is 5.82 Å². The van der Waals surface area contributed by atoms with Crippen molar-refractivity contribution in [2.24, 2.45) is 0 Å². The Labute approximate surface area is 191 Å². The molecule has 0 aliphatic rings. The van der Waals surface area contributed by atoms with Crippen molar-refractivity contribution in [2.75, 3.05) is 18.2 Å². The molecular formula is C22H18ClFN4O3S. The summed E-state index contributed by atoms with van der Waals surface area (Å²) in [5.74, 6) is -0.229. The van der Waals surface area contributed by atoms with Crippen molar-refractivity contribution < 1.29 is 13.9 Å². The minimum Gasteiger partial charge on any atom is -0.495 e. The molecule has 32 heavy (non-hydrogen) atoms. The van der Waals surface area contributed by atoms with E-state index in [0.29, 0.717) is 38.3 Å². The summed E-state index contributed by atoms with van der Waals surface area (Å²) in [6.45, 7) is 1.82. The number of halogens is 2. The molecule has 2 aromatic carbocycles. The maximum atomic E-state index is 13.4. The molecule has 10 heteroatoms. The van der Waals surface area contributed by atoms with E-state index in [9.17, 15) is 14.0 Å². The molecule has 0 spiro atoms. The van der Waals surface area contributed by atoms with Gasteiger partial charge in [-0.05, 0) is 55.5 Å². The van der Waals surface area contributed by atoms with Crippen molar-refractivity contribution in [2.45, 2.75) is 12.1 Å². The van der Waals surface area contributed by atoms with Gasteiger partial charge in [0.15, 0.2) is 5.16 Å². The van der Waals surface area contributed by atoms with Crippen molar-refractivity contribution in [3.63, 3.8) is 0 Å². The smallest absolute Gasteiger partial charge is 0.283 e. The fourth-order valence-electron chi connectivity index (χ4n) is 3.16. The van der Waals surface area contributed by atoms with Crippen LogP contribution in [0.2, 0.25) is 5.02 Å².